The molecule has 2 saturated heterocycles. The number of anilines is 2. The van der Waals surface area contributed by atoms with Crippen LogP contribution in [0, 0.1) is 50.4 Å². The van der Waals surface area contributed by atoms with E-state index in [4.69, 9.17) is 5.73 Å². The number of fused-ring (bicyclic) bond motifs is 3. The van der Waals surface area contributed by atoms with E-state index in [1.54, 1.807) is 42.2 Å². The molecule has 2 fully saturated rings. The summed E-state index contributed by atoms with van der Waals surface area (Å²) < 4.78 is 0. The maximum atomic E-state index is 12.6. The standard InChI is InChI=1S/C28H29N5O2.C20H27N5.H5N3/c1-19-15-24-25(16-20(19)2)30-18-21(17-29)26(24)32-11-5-9-31(13-14-32)10-6-12-33-27(34)22-7-3-4-8-23(22)28(33)35;1-15-11-18-19(12-16(15)2)23-14-17(13-22)20(18)25-8-4-7-24(9-10-25)6-3-5-21;1-3-2/h3-4,7-8,15-16,18H,5-6,9-14H2,1-2H3;11-12,14H,3-10,21H2,1-2H3;3H,1-2H2. The van der Waals surface area contributed by atoms with E-state index in [1.165, 1.54) is 27.2 Å². The number of benzene rings is 3. The maximum Gasteiger partial charge on any atom is 0.261 e. The van der Waals surface area contributed by atoms with Gasteiger partial charge in [-0.25, -0.2) is 0 Å². The first-order valence-electron chi connectivity index (χ1n) is 21.9. The highest BCUT2D eigenvalue weighted by atomic mass is 16.2. The molecular weight excluding hydrogens is 791 g/mol. The predicted octanol–water partition coefficient (Wildman–Crippen LogP) is 4.83. The van der Waals surface area contributed by atoms with Crippen molar-refractivity contribution >= 4 is 45.0 Å². The lowest BCUT2D eigenvalue weighted by atomic mass is 10.0. The monoisotopic (exact) mass is 852 g/mol. The van der Waals surface area contributed by atoms with E-state index in [9.17, 15) is 20.1 Å². The number of nitrogens with two attached hydrogens (primary N) is 3. The molecule has 5 heterocycles. The Balaban J connectivity index is 0.000000208. The quantitative estimate of drug-likeness (QED) is 0.0889. The summed E-state index contributed by atoms with van der Waals surface area (Å²) in [5.41, 5.74) is 18.5. The number of nitriles is 2. The number of aryl methyl sites for hydroxylation is 4. The Morgan fingerprint density at radius 3 is 1.48 bits per heavy atom. The minimum atomic E-state index is -0.188. The van der Waals surface area contributed by atoms with E-state index in [0.717, 1.165) is 131 Å². The highest BCUT2D eigenvalue weighted by Gasteiger charge is 2.34. The average molecular weight is 852 g/mol. The van der Waals surface area contributed by atoms with E-state index in [1.807, 2.05) is 0 Å². The number of nitrogens with zero attached hydrogens (tertiary/aromatic N) is 9. The summed E-state index contributed by atoms with van der Waals surface area (Å²) >= 11 is 0. The lowest BCUT2D eigenvalue weighted by Crippen LogP contribution is -2.35. The zero-order chi connectivity index (χ0) is 45.0. The third kappa shape index (κ3) is 10.8. The van der Waals surface area contributed by atoms with E-state index in [-0.39, 0.29) is 11.8 Å². The summed E-state index contributed by atoms with van der Waals surface area (Å²) in [6.07, 6.45) is 7.28. The molecular formula is C48H61N13O2. The van der Waals surface area contributed by atoms with Gasteiger partial charge in [-0.3, -0.25) is 36.1 Å². The topological polar surface area (TPSA) is 214 Å². The van der Waals surface area contributed by atoms with Crippen molar-refractivity contribution in [1.29, 1.82) is 10.5 Å². The van der Waals surface area contributed by atoms with Gasteiger partial charge in [0.25, 0.3) is 11.8 Å². The number of rotatable bonds is 9. The number of carbonyl (C=O) groups excluding carboxylic acids is 2. The molecule has 7 N–H and O–H groups in total. The summed E-state index contributed by atoms with van der Waals surface area (Å²) in [7, 11) is 0. The Hall–Kier alpha value is -6.04. The van der Waals surface area contributed by atoms with Gasteiger partial charge in [0, 0.05) is 69.0 Å². The zero-order valence-corrected chi connectivity index (χ0v) is 37.2. The first kappa shape index (κ1) is 46.5. The normalized spacial score (nSPS) is 15.8. The molecule has 0 atom stereocenters. The van der Waals surface area contributed by atoms with Crippen molar-refractivity contribution in [3.63, 3.8) is 0 Å². The van der Waals surface area contributed by atoms with Crippen LogP contribution in [0.15, 0.2) is 60.9 Å². The number of pyridine rings is 2. The number of hydrogen-bond acceptors (Lipinski definition) is 14. The van der Waals surface area contributed by atoms with Crippen LogP contribution in [-0.2, 0) is 0 Å². The van der Waals surface area contributed by atoms with Crippen LogP contribution in [0.25, 0.3) is 21.8 Å². The van der Waals surface area contributed by atoms with Crippen LogP contribution >= 0.6 is 0 Å². The maximum absolute atomic E-state index is 12.6. The molecule has 0 radical (unpaired) electrons. The highest BCUT2D eigenvalue weighted by Crippen LogP contribution is 2.34. The van der Waals surface area contributed by atoms with Crippen LogP contribution in [0.3, 0.4) is 0 Å². The van der Waals surface area contributed by atoms with Crippen molar-refractivity contribution in [3.8, 4) is 12.1 Å². The number of amides is 2. The fourth-order valence-electron chi connectivity index (χ4n) is 8.77. The number of nitrogens with one attached hydrogen (secondary N) is 1. The Labute approximate surface area is 371 Å². The molecule has 15 heteroatoms. The summed E-state index contributed by atoms with van der Waals surface area (Å²) in [6, 6.07) is 20.3. The molecule has 0 bridgehead atoms. The summed E-state index contributed by atoms with van der Waals surface area (Å²) in [6.45, 7) is 19.0. The molecule has 3 aliphatic heterocycles. The van der Waals surface area contributed by atoms with Crippen LogP contribution in [0.4, 0.5) is 11.4 Å². The molecule has 0 unspecified atom stereocenters. The number of carbonyl (C=O) groups is 2. The first-order chi connectivity index (χ1) is 30.5. The minimum Gasteiger partial charge on any atom is -0.369 e. The van der Waals surface area contributed by atoms with Crippen molar-refractivity contribution in [2.24, 2.45) is 17.4 Å². The molecule has 330 valence electrons. The van der Waals surface area contributed by atoms with Crippen LogP contribution in [-0.4, -0.2) is 115 Å². The first-order valence-corrected chi connectivity index (χ1v) is 21.9. The molecule has 0 spiro atoms. The van der Waals surface area contributed by atoms with Gasteiger partial charge in [-0.05, 0) is 145 Å². The SMILES string of the molecule is Cc1cc2ncc(C#N)c(N3CCCN(CCCN)CC3)c2cc1C.Cc1cc2ncc(C#N)c(N3CCCN(CCCN4C(=O)c5ccccc5C4=O)CC3)c2cc1C.NNN. The Kier molecular flexibility index (Phi) is 16.1. The fraction of sp³-hybridized carbons (Fsp3) is 0.417. The van der Waals surface area contributed by atoms with Crippen molar-refractivity contribution in [2.75, 3.05) is 88.3 Å². The third-order valence-electron chi connectivity index (χ3n) is 12.4. The largest absolute Gasteiger partial charge is 0.369 e. The molecule has 3 aromatic carbocycles. The molecule has 5 aromatic rings. The number of hydrogen-bond donors (Lipinski definition) is 4. The molecule has 2 aromatic heterocycles. The Morgan fingerprint density at radius 1 is 0.619 bits per heavy atom. The molecule has 0 saturated carbocycles. The second-order valence-corrected chi connectivity index (χ2v) is 16.5. The van der Waals surface area contributed by atoms with Crippen molar-refractivity contribution in [3.05, 3.63) is 105 Å². The van der Waals surface area contributed by atoms with Gasteiger partial charge in [0.05, 0.1) is 44.7 Å². The van der Waals surface area contributed by atoms with Gasteiger partial charge in [-0.15, -0.1) is 0 Å². The fourth-order valence-corrected chi connectivity index (χ4v) is 8.77. The lowest BCUT2D eigenvalue weighted by molar-refractivity contribution is 0.0647. The Morgan fingerprint density at radius 2 is 1.05 bits per heavy atom. The number of imide groups is 1. The smallest absolute Gasteiger partial charge is 0.261 e. The van der Waals surface area contributed by atoms with Crippen molar-refractivity contribution in [2.45, 2.75) is 53.4 Å². The number of aromatic nitrogens is 2. The zero-order valence-electron chi connectivity index (χ0n) is 37.2. The molecule has 8 rings (SSSR count). The van der Waals surface area contributed by atoms with Crippen LogP contribution < -0.4 is 32.8 Å². The van der Waals surface area contributed by atoms with Gasteiger partial charge in [0.15, 0.2) is 0 Å². The van der Waals surface area contributed by atoms with E-state index >= 15 is 0 Å². The van der Waals surface area contributed by atoms with E-state index < -0.39 is 0 Å². The highest BCUT2D eigenvalue weighted by molar-refractivity contribution is 6.21. The molecule has 63 heavy (non-hydrogen) atoms. The van der Waals surface area contributed by atoms with Gasteiger partial charge >= 0.3 is 0 Å². The van der Waals surface area contributed by atoms with Crippen LogP contribution in [0.2, 0.25) is 0 Å². The second-order valence-electron chi connectivity index (χ2n) is 16.5. The van der Waals surface area contributed by atoms with Crippen molar-refractivity contribution in [1.82, 2.24) is 30.2 Å². The molecule has 3 aliphatic rings. The number of hydrazine groups is 2. The van der Waals surface area contributed by atoms with Gasteiger partial charge < -0.3 is 25.3 Å². The van der Waals surface area contributed by atoms with E-state index in [2.05, 4.69) is 105 Å². The minimum absolute atomic E-state index is 0.188. The summed E-state index contributed by atoms with van der Waals surface area (Å²) in [4.78, 5) is 45.2. The van der Waals surface area contributed by atoms with Gasteiger partial charge in [0.2, 0.25) is 0 Å². The van der Waals surface area contributed by atoms with E-state index in [0.29, 0.717) is 28.8 Å². The van der Waals surface area contributed by atoms with Gasteiger partial charge in [0.1, 0.15) is 12.1 Å². The van der Waals surface area contributed by atoms with Crippen LogP contribution in [0.1, 0.15) is 79.8 Å². The Bertz CT molecular complexity index is 2480. The summed E-state index contributed by atoms with van der Waals surface area (Å²) in [5, 5.41) is 21.6. The molecule has 15 nitrogen and oxygen atoms in total. The molecule has 2 amide bonds. The lowest BCUT2D eigenvalue weighted by Gasteiger charge is -2.26. The third-order valence-corrected chi connectivity index (χ3v) is 12.4. The van der Waals surface area contributed by atoms with Crippen LogP contribution in [0.5, 0.6) is 0 Å². The average Bonchev–Trinajstić information content (AvgIpc) is 3.53. The summed E-state index contributed by atoms with van der Waals surface area (Å²) in [5.74, 6) is 8.37. The van der Waals surface area contributed by atoms with Gasteiger partial charge in [-0.1, -0.05) is 12.1 Å². The predicted molar refractivity (Wildman–Crippen MR) is 250 cm³/mol. The van der Waals surface area contributed by atoms with Gasteiger partial charge in [-0.2, -0.15) is 16.1 Å². The second kappa shape index (κ2) is 21.8. The molecule has 0 aliphatic carbocycles. The van der Waals surface area contributed by atoms with Crippen molar-refractivity contribution < 1.29 is 9.59 Å².